The number of carbonyl (C=O) groups is 1. The molecule has 1 saturated heterocycles. The van der Waals surface area contributed by atoms with Gasteiger partial charge in [0.05, 0.1) is 12.9 Å². The number of hydroxylamine groups is 1. The smallest absolute Gasteiger partial charge is 0.264 e. The zero-order valence-electron chi connectivity index (χ0n) is 23.5. The molecule has 2 unspecified atom stereocenters. The molecule has 0 aliphatic carbocycles. The van der Waals surface area contributed by atoms with E-state index in [0.29, 0.717) is 39.0 Å². The highest BCUT2D eigenvalue weighted by atomic mass is 32.2. The van der Waals surface area contributed by atoms with Gasteiger partial charge in [0.15, 0.2) is 20.9 Å². The van der Waals surface area contributed by atoms with Gasteiger partial charge in [-0.1, -0.05) is 30.0 Å². The molecule has 1 aromatic rings. The third kappa shape index (κ3) is 9.98. The second kappa shape index (κ2) is 14.6. The highest BCUT2D eigenvalue weighted by molar-refractivity contribution is 7.92. The van der Waals surface area contributed by atoms with Gasteiger partial charge in [0.2, 0.25) is 0 Å². The Morgan fingerprint density at radius 3 is 2.52 bits per heavy atom. The Hall–Kier alpha value is -2.27. The van der Waals surface area contributed by atoms with Crippen molar-refractivity contribution in [2.75, 3.05) is 45.4 Å². The first-order valence-electron chi connectivity index (χ1n) is 13.5. The van der Waals surface area contributed by atoms with E-state index in [1.165, 1.54) is 12.5 Å². The largest absolute Gasteiger partial charge is 0.350 e. The summed E-state index contributed by atoms with van der Waals surface area (Å²) in [7, 11) is -7.12. The normalized spacial score (nSPS) is 20.1. The Morgan fingerprint density at radius 1 is 1.18 bits per heavy atom. The van der Waals surface area contributed by atoms with Crippen molar-refractivity contribution >= 4 is 31.4 Å². The average Bonchev–Trinajstić information content (AvgIpc) is 2.92. The van der Waals surface area contributed by atoms with Gasteiger partial charge in [0.1, 0.15) is 0 Å². The van der Waals surface area contributed by atoms with E-state index in [9.17, 15) is 21.6 Å². The zero-order valence-corrected chi connectivity index (χ0v) is 25.1. The van der Waals surface area contributed by atoms with Crippen LogP contribution in [0.15, 0.2) is 30.3 Å². The molecule has 2 aliphatic rings. The Kier molecular flexibility index (Phi) is 11.7. The SMILES string of the molecule is CC(CCN1CC=C(c2ccc(C#CCCCOS(C)(=O)=O)cc2)CC1)(C(=O)NOC1CCCCO1)S(C)(=O)=O. The highest BCUT2D eigenvalue weighted by Crippen LogP contribution is 2.26. The average molecular weight is 597 g/mol. The van der Waals surface area contributed by atoms with Crippen LogP contribution in [0, 0.1) is 11.8 Å². The minimum Gasteiger partial charge on any atom is -0.350 e. The number of rotatable bonds is 12. The van der Waals surface area contributed by atoms with Gasteiger partial charge in [0, 0.05) is 50.9 Å². The van der Waals surface area contributed by atoms with Crippen molar-refractivity contribution in [2.45, 2.75) is 62.9 Å². The minimum atomic E-state index is -3.71. The van der Waals surface area contributed by atoms with Crippen LogP contribution in [0.3, 0.4) is 0 Å². The molecule has 2 aliphatic heterocycles. The lowest BCUT2D eigenvalue weighted by Gasteiger charge is -2.32. The fourth-order valence-corrected chi connectivity index (χ4v) is 5.61. The molecule has 0 radical (unpaired) electrons. The molecule has 1 fully saturated rings. The van der Waals surface area contributed by atoms with E-state index in [4.69, 9.17) is 13.8 Å². The summed E-state index contributed by atoms with van der Waals surface area (Å²) in [5.41, 5.74) is 5.53. The van der Waals surface area contributed by atoms with Crippen LogP contribution in [0.5, 0.6) is 0 Å². The Morgan fingerprint density at radius 2 is 1.93 bits per heavy atom. The van der Waals surface area contributed by atoms with E-state index in [2.05, 4.69) is 28.3 Å². The maximum atomic E-state index is 12.9. The summed E-state index contributed by atoms with van der Waals surface area (Å²) in [5, 5.41) is 0. The van der Waals surface area contributed by atoms with Gasteiger partial charge in [0.25, 0.3) is 16.0 Å². The van der Waals surface area contributed by atoms with Gasteiger partial charge in [-0.25, -0.2) is 18.7 Å². The molecule has 3 rings (SSSR count). The third-order valence-corrected chi connectivity index (χ3v) is 9.77. The van der Waals surface area contributed by atoms with Gasteiger partial charge in [-0.3, -0.25) is 13.9 Å². The summed E-state index contributed by atoms with van der Waals surface area (Å²) in [5.74, 6) is 5.43. The molecule has 0 spiro atoms. The molecule has 2 atom stereocenters. The van der Waals surface area contributed by atoms with Crippen LogP contribution < -0.4 is 5.48 Å². The quantitative estimate of drug-likeness (QED) is 0.168. The number of carbonyl (C=O) groups excluding carboxylic acids is 1. The monoisotopic (exact) mass is 596 g/mol. The number of nitrogens with zero attached hydrogens (tertiary/aromatic N) is 1. The lowest BCUT2D eigenvalue weighted by Crippen LogP contribution is -2.52. The summed E-state index contributed by atoms with van der Waals surface area (Å²) >= 11 is 0. The highest BCUT2D eigenvalue weighted by Gasteiger charge is 2.44. The summed E-state index contributed by atoms with van der Waals surface area (Å²) < 4.78 is 55.7. The predicted octanol–water partition coefficient (Wildman–Crippen LogP) is 2.65. The van der Waals surface area contributed by atoms with Gasteiger partial charge < -0.3 is 4.74 Å². The van der Waals surface area contributed by atoms with Gasteiger partial charge in [-0.05, 0) is 62.3 Å². The number of amides is 1. The number of hydrogen-bond acceptors (Lipinski definition) is 9. The lowest BCUT2D eigenvalue weighted by atomic mass is 9.98. The van der Waals surface area contributed by atoms with Crippen LogP contribution in [-0.2, 0) is 38.5 Å². The summed E-state index contributed by atoms with van der Waals surface area (Å²) in [6.07, 6.45) is 8.24. The fourth-order valence-electron chi connectivity index (χ4n) is 4.35. The summed E-state index contributed by atoms with van der Waals surface area (Å²) in [6, 6.07) is 7.97. The van der Waals surface area contributed by atoms with Crippen LogP contribution in [0.2, 0.25) is 0 Å². The second-order valence-corrected chi connectivity index (χ2v) is 14.5. The fraction of sp³-hybridized carbons (Fsp3) is 0.607. The van der Waals surface area contributed by atoms with Gasteiger partial charge >= 0.3 is 0 Å². The molecule has 0 saturated carbocycles. The summed E-state index contributed by atoms with van der Waals surface area (Å²) in [6.45, 7) is 3.98. The Balaban J connectivity index is 1.49. The first-order chi connectivity index (χ1) is 18.9. The molecule has 2 heterocycles. The van der Waals surface area contributed by atoms with Crippen molar-refractivity contribution < 1.29 is 35.4 Å². The number of benzene rings is 1. The first kappa shape index (κ1) is 32.2. The van der Waals surface area contributed by atoms with E-state index in [-0.39, 0.29) is 13.0 Å². The van der Waals surface area contributed by atoms with Crippen LogP contribution in [-0.4, -0.2) is 84.0 Å². The van der Waals surface area contributed by atoms with Gasteiger partial charge in [-0.15, -0.1) is 0 Å². The molecule has 1 aromatic carbocycles. The molecule has 10 nitrogen and oxygen atoms in total. The second-order valence-electron chi connectivity index (χ2n) is 10.4. The number of unbranched alkanes of at least 4 members (excludes halogenated alkanes) is 1. The lowest BCUT2D eigenvalue weighted by molar-refractivity contribution is -0.201. The molecule has 0 bridgehead atoms. The molecule has 0 aromatic heterocycles. The molecular weight excluding hydrogens is 556 g/mol. The van der Waals surface area contributed by atoms with Crippen molar-refractivity contribution in [3.8, 4) is 11.8 Å². The predicted molar refractivity (Wildman–Crippen MR) is 153 cm³/mol. The van der Waals surface area contributed by atoms with E-state index >= 15 is 0 Å². The topological polar surface area (TPSA) is 128 Å². The Bertz CT molecular complexity index is 1310. The minimum absolute atomic E-state index is 0.128. The van der Waals surface area contributed by atoms with E-state index < -0.39 is 36.9 Å². The molecule has 1 amide bonds. The van der Waals surface area contributed by atoms with E-state index in [0.717, 1.165) is 49.4 Å². The molecule has 222 valence electrons. The standard InChI is InChI=1S/C28H40N2O8S2/c1-28(39(2,32)33,27(31)29-38-26-10-6-8-21-36-26)17-20-30-18-15-25(16-19-30)24-13-11-23(12-14-24)9-5-4-7-22-37-40(3,34)35/h11-15,26H,4,6-8,10,16-22H2,1-3H3,(H,29,31). The number of nitrogens with one attached hydrogen (secondary N) is 1. The van der Waals surface area contributed by atoms with Crippen molar-refractivity contribution in [1.29, 1.82) is 0 Å². The van der Waals surface area contributed by atoms with E-state index in [1.54, 1.807) is 0 Å². The van der Waals surface area contributed by atoms with Crippen molar-refractivity contribution in [2.24, 2.45) is 0 Å². The molecule has 1 N–H and O–H groups in total. The Labute approximate surface area is 238 Å². The van der Waals surface area contributed by atoms with Crippen LogP contribution >= 0.6 is 0 Å². The maximum absolute atomic E-state index is 12.9. The van der Waals surface area contributed by atoms with Crippen molar-refractivity contribution in [3.63, 3.8) is 0 Å². The molecular formula is C28H40N2O8S2. The zero-order chi connectivity index (χ0) is 29.2. The first-order valence-corrected chi connectivity index (χ1v) is 17.2. The van der Waals surface area contributed by atoms with Crippen LogP contribution in [0.25, 0.3) is 5.57 Å². The number of sulfone groups is 1. The summed E-state index contributed by atoms with van der Waals surface area (Å²) in [4.78, 5) is 20.4. The van der Waals surface area contributed by atoms with Crippen LogP contribution in [0.4, 0.5) is 0 Å². The van der Waals surface area contributed by atoms with Crippen LogP contribution in [0.1, 0.15) is 63.0 Å². The van der Waals surface area contributed by atoms with Crippen molar-refractivity contribution in [3.05, 3.63) is 41.5 Å². The number of hydrogen-bond donors (Lipinski definition) is 1. The van der Waals surface area contributed by atoms with Crippen molar-refractivity contribution in [1.82, 2.24) is 10.4 Å². The molecule has 12 heteroatoms. The van der Waals surface area contributed by atoms with Gasteiger partial charge in [-0.2, -0.15) is 8.42 Å². The van der Waals surface area contributed by atoms with E-state index in [1.807, 2.05) is 24.3 Å². The third-order valence-electron chi connectivity index (χ3n) is 7.15. The maximum Gasteiger partial charge on any atom is 0.264 e. The molecule has 40 heavy (non-hydrogen) atoms. The number of ether oxygens (including phenoxy) is 1.